The SMILES string of the molecule is CN(C)c1ccc(C2NC(=O)c3c(sc4c3CCCC4)N2)cc1. The lowest BCUT2D eigenvalue weighted by Crippen LogP contribution is -2.38. The second-order valence-electron chi connectivity index (χ2n) is 6.45. The van der Waals surface area contributed by atoms with Gasteiger partial charge < -0.3 is 15.5 Å². The number of anilines is 2. The van der Waals surface area contributed by atoms with Crippen LogP contribution in [0.3, 0.4) is 0 Å². The first-order valence-corrected chi connectivity index (χ1v) is 8.94. The van der Waals surface area contributed by atoms with E-state index in [1.54, 1.807) is 11.3 Å². The van der Waals surface area contributed by atoms with Gasteiger partial charge in [0.2, 0.25) is 0 Å². The van der Waals surface area contributed by atoms with Crippen molar-refractivity contribution in [3.05, 3.63) is 45.8 Å². The summed E-state index contributed by atoms with van der Waals surface area (Å²) in [5.41, 5.74) is 4.41. The summed E-state index contributed by atoms with van der Waals surface area (Å²) in [5.74, 6) is 0.0693. The zero-order valence-corrected chi connectivity index (χ0v) is 14.3. The molecular formula is C18H21N3OS. The van der Waals surface area contributed by atoms with Crippen molar-refractivity contribution in [1.29, 1.82) is 0 Å². The summed E-state index contributed by atoms with van der Waals surface area (Å²) in [5, 5.41) is 7.68. The molecule has 1 aliphatic heterocycles. The Balaban J connectivity index is 1.64. The number of amides is 1. The van der Waals surface area contributed by atoms with Gasteiger partial charge in [0.25, 0.3) is 5.91 Å². The van der Waals surface area contributed by atoms with E-state index in [9.17, 15) is 4.79 Å². The fourth-order valence-corrected chi connectivity index (χ4v) is 4.72. The largest absolute Gasteiger partial charge is 0.378 e. The van der Waals surface area contributed by atoms with Gasteiger partial charge in [-0.3, -0.25) is 4.79 Å². The molecule has 2 heterocycles. The third-order valence-electron chi connectivity index (χ3n) is 4.69. The van der Waals surface area contributed by atoms with Crippen LogP contribution in [0.25, 0.3) is 0 Å². The lowest BCUT2D eigenvalue weighted by molar-refractivity contribution is 0.0935. The smallest absolute Gasteiger partial charge is 0.256 e. The number of benzene rings is 1. The maximum absolute atomic E-state index is 12.6. The number of hydrogen-bond donors (Lipinski definition) is 2. The summed E-state index contributed by atoms with van der Waals surface area (Å²) < 4.78 is 0. The van der Waals surface area contributed by atoms with Gasteiger partial charge in [-0.05, 0) is 48.9 Å². The quantitative estimate of drug-likeness (QED) is 0.886. The summed E-state index contributed by atoms with van der Waals surface area (Å²) >= 11 is 1.77. The summed E-state index contributed by atoms with van der Waals surface area (Å²) in [7, 11) is 4.05. The van der Waals surface area contributed by atoms with Gasteiger partial charge in [-0.15, -0.1) is 11.3 Å². The Labute approximate surface area is 140 Å². The summed E-state index contributed by atoms with van der Waals surface area (Å²) in [6.07, 6.45) is 4.44. The van der Waals surface area contributed by atoms with Gasteiger partial charge in [0, 0.05) is 24.7 Å². The van der Waals surface area contributed by atoms with Crippen LogP contribution in [-0.4, -0.2) is 20.0 Å². The van der Waals surface area contributed by atoms with Crippen molar-refractivity contribution in [2.75, 3.05) is 24.3 Å². The standard InChI is InChI=1S/C18H21N3OS/c1-21(2)12-9-7-11(8-10-12)16-19-17(22)15-13-5-3-4-6-14(13)23-18(15)20-16/h7-10,16,20H,3-6H2,1-2H3,(H,19,22). The molecule has 2 aromatic rings. The number of fused-ring (bicyclic) bond motifs is 3. The molecule has 120 valence electrons. The molecule has 0 saturated carbocycles. The molecule has 4 rings (SSSR count). The Hall–Kier alpha value is -2.01. The van der Waals surface area contributed by atoms with E-state index in [1.165, 1.54) is 23.3 Å². The average molecular weight is 327 g/mol. The third-order valence-corrected chi connectivity index (χ3v) is 5.92. The summed E-state index contributed by atoms with van der Waals surface area (Å²) in [4.78, 5) is 16.1. The van der Waals surface area contributed by atoms with Crippen LogP contribution in [0.4, 0.5) is 10.7 Å². The van der Waals surface area contributed by atoms with E-state index in [-0.39, 0.29) is 12.1 Å². The van der Waals surface area contributed by atoms with Crippen LogP contribution in [0, 0.1) is 0 Å². The minimum atomic E-state index is -0.147. The number of carbonyl (C=O) groups excluding carboxylic acids is 1. The molecule has 1 aromatic heterocycles. The first-order chi connectivity index (χ1) is 11.1. The van der Waals surface area contributed by atoms with Crippen LogP contribution in [0.2, 0.25) is 0 Å². The van der Waals surface area contributed by atoms with Crippen molar-refractivity contribution in [3.8, 4) is 0 Å². The molecule has 2 aliphatic rings. The summed E-state index contributed by atoms with van der Waals surface area (Å²) in [6.45, 7) is 0. The molecule has 0 fully saturated rings. The highest BCUT2D eigenvalue weighted by atomic mass is 32.1. The maximum Gasteiger partial charge on any atom is 0.256 e. The molecule has 5 heteroatoms. The fourth-order valence-electron chi connectivity index (χ4n) is 3.41. The van der Waals surface area contributed by atoms with E-state index in [4.69, 9.17) is 0 Å². The number of aryl methyl sites for hydroxylation is 1. The highest BCUT2D eigenvalue weighted by Crippen LogP contribution is 2.41. The minimum absolute atomic E-state index is 0.0693. The van der Waals surface area contributed by atoms with E-state index in [2.05, 4.69) is 39.8 Å². The van der Waals surface area contributed by atoms with Gasteiger partial charge >= 0.3 is 0 Å². The van der Waals surface area contributed by atoms with Gasteiger partial charge in [0.15, 0.2) is 0 Å². The fraction of sp³-hybridized carbons (Fsp3) is 0.389. The maximum atomic E-state index is 12.6. The number of nitrogens with one attached hydrogen (secondary N) is 2. The predicted molar refractivity (Wildman–Crippen MR) is 95.6 cm³/mol. The molecule has 1 unspecified atom stereocenters. The molecular weight excluding hydrogens is 306 g/mol. The first kappa shape index (κ1) is 14.6. The molecule has 1 aliphatic carbocycles. The van der Waals surface area contributed by atoms with Crippen molar-refractivity contribution in [2.24, 2.45) is 0 Å². The number of hydrogen-bond acceptors (Lipinski definition) is 4. The summed E-state index contributed by atoms with van der Waals surface area (Å²) in [6, 6.07) is 8.31. The van der Waals surface area contributed by atoms with E-state index < -0.39 is 0 Å². The van der Waals surface area contributed by atoms with Crippen molar-refractivity contribution in [2.45, 2.75) is 31.8 Å². The lowest BCUT2D eigenvalue weighted by Gasteiger charge is -2.27. The Morgan fingerprint density at radius 2 is 1.83 bits per heavy atom. The normalized spacial score (nSPS) is 19.4. The highest BCUT2D eigenvalue weighted by Gasteiger charge is 2.31. The van der Waals surface area contributed by atoms with E-state index in [0.29, 0.717) is 0 Å². The van der Waals surface area contributed by atoms with Gasteiger partial charge in [-0.1, -0.05) is 12.1 Å². The topological polar surface area (TPSA) is 44.4 Å². The molecule has 0 radical (unpaired) electrons. The molecule has 0 bridgehead atoms. The second-order valence-corrected chi connectivity index (χ2v) is 7.56. The van der Waals surface area contributed by atoms with Gasteiger partial charge in [0.1, 0.15) is 11.2 Å². The first-order valence-electron chi connectivity index (χ1n) is 8.12. The van der Waals surface area contributed by atoms with E-state index in [1.807, 2.05) is 14.1 Å². The minimum Gasteiger partial charge on any atom is -0.378 e. The molecule has 0 saturated heterocycles. The number of thiophene rings is 1. The van der Waals surface area contributed by atoms with Crippen molar-refractivity contribution in [1.82, 2.24) is 5.32 Å². The lowest BCUT2D eigenvalue weighted by atomic mass is 9.94. The van der Waals surface area contributed by atoms with Crippen LogP contribution >= 0.6 is 11.3 Å². The molecule has 1 aromatic carbocycles. The van der Waals surface area contributed by atoms with Gasteiger partial charge in [-0.2, -0.15) is 0 Å². The van der Waals surface area contributed by atoms with Crippen molar-refractivity contribution < 1.29 is 4.79 Å². The van der Waals surface area contributed by atoms with E-state index in [0.717, 1.165) is 34.7 Å². The molecule has 23 heavy (non-hydrogen) atoms. The molecule has 4 nitrogen and oxygen atoms in total. The van der Waals surface area contributed by atoms with Gasteiger partial charge in [0.05, 0.1) is 5.56 Å². The van der Waals surface area contributed by atoms with Crippen LogP contribution < -0.4 is 15.5 Å². The monoisotopic (exact) mass is 327 g/mol. The Kier molecular flexibility index (Phi) is 3.53. The van der Waals surface area contributed by atoms with Crippen LogP contribution in [-0.2, 0) is 12.8 Å². The van der Waals surface area contributed by atoms with Crippen LogP contribution in [0.5, 0.6) is 0 Å². The highest BCUT2D eigenvalue weighted by molar-refractivity contribution is 7.16. The molecule has 0 spiro atoms. The Morgan fingerprint density at radius 3 is 2.57 bits per heavy atom. The Morgan fingerprint density at radius 1 is 1.09 bits per heavy atom. The second kappa shape index (κ2) is 5.57. The van der Waals surface area contributed by atoms with Crippen molar-refractivity contribution in [3.63, 3.8) is 0 Å². The molecule has 1 amide bonds. The van der Waals surface area contributed by atoms with Crippen LogP contribution in [0.15, 0.2) is 24.3 Å². The molecule has 2 N–H and O–H groups in total. The molecule has 1 atom stereocenters. The van der Waals surface area contributed by atoms with Crippen molar-refractivity contribution >= 4 is 27.9 Å². The average Bonchev–Trinajstić information content (AvgIpc) is 2.93. The number of carbonyl (C=O) groups is 1. The zero-order chi connectivity index (χ0) is 16.0. The number of rotatable bonds is 2. The van der Waals surface area contributed by atoms with Gasteiger partial charge in [-0.25, -0.2) is 0 Å². The Bertz CT molecular complexity index is 748. The zero-order valence-electron chi connectivity index (χ0n) is 13.5. The third kappa shape index (κ3) is 2.49. The number of nitrogens with zero attached hydrogens (tertiary/aromatic N) is 1. The predicted octanol–water partition coefficient (Wildman–Crippen LogP) is 3.55. The van der Waals surface area contributed by atoms with Crippen LogP contribution in [0.1, 0.15) is 45.4 Å². The van der Waals surface area contributed by atoms with E-state index >= 15 is 0 Å².